The predicted octanol–water partition coefficient (Wildman–Crippen LogP) is 3.96. The Morgan fingerprint density at radius 2 is 1.53 bits per heavy atom. The smallest absolute Gasteiger partial charge is 0.259 e. The third-order valence-corrected chi connectivity index (χ3v) is 7.89. The number of allylic oxidation sites excluding steroid dienone is 2. The van der Waals surface area contributed by atoms with Gasteiger partial charge in [-0.3, -0.25) is 24.2 Å². The van der Waals surface area contributed by atoms with Crippen LogP contribution in [0.2, 0.25) is 0 Å². The summed E-state index contributed by atoms with van der Waals surface area (Å²) in [6.45, 7) is 3.90. The molecule has 6 unspecified atom stereocenters. The molecule has 3 amide bonds. The van der Waals surface area contributed by atoms with E-state index in [0.717, 1.165) is 17.5 Å². The summed E-state index contributed by atoms with van der Waals surface area (Å²) in [6.07, 6.45) is 5.48. The Bertz CT molecular complexity index is 1130. The average molecular weight is 427 g/mol. The number of hydrogen-bond acceptors (Lipinski definition) is 3. The molecule has 2 bridgehead atoms. The second-order valence-electron chi connectivity index (χ2n) is 9.84. The summed E-state index contributed by atoms with van der Waals surface area (Å²) < 4.78 is 0. The van der Waals surface area contributed by atoms with Gasteiger partial charge in [-0.15, -0.1) is 0 Å². The number of likely N-dealkylation sites (tertiary alicyclic amines) is 1. The molecule has 0 spiro atoms. The fraction of sp³-hybridized carbons (Fsp3) is 0.370. The standard InChI is InChI=1S/C27H26N2O3/c1-15-6-8-17(9-7-15)25(30)28(18-5-3-4-16(2)12-18)14-29-26(31)23-19-10-11-20(22-13-21(19)22)24(23)27(29)32/h3-12,19-24H,13-14H2,1-2H3. The van der Waals surface area contributed by atoms with E-state index in [1.807, 2.05) is 50.2 Å². The van der Waals surface area contributed by atoms with Crippen LogP contribution in [0.25, 0.3) is 0 Å². The van der Waals surface area contributed by atoms with Crippen molar-refractivity contribution in [2.75, 3.05) is 11.6 Å². The van der Waals surface area contributed by atoms with Gasteiger partial charge in [0.15, 0.2) is 0 Å². The van der Waals surface area contributed by atoms with Crippen molar-refractivity contribution in [3.05, 3.63) is 77.4 Å². The first-order valence-electron chi connectivity index (χ1n) is 11.4. The van der Waals surface area contributed by atoms with Gasteiger partial charge >= 0.3 is 0 Å². The highest BCUT2D eigenvalue weighted by molar-refractivity contribution is 6.09. The third-order valence-electron chi connectivity index (χ3n) is 7.89. The lowest BCUT2D eigenvalue weighted by molar-refractivity contribution is -0.140. The SMILES string of the molecule is Cc1ccc(C(=O)N(CN2C(=O)C3C4C=CC(C5CC45)C3C2=O)c2cccc(C)c2)cc1. The minimum atomic E-state index is -0.255. The molecule has 32 heavy (non-hydrogen) atoms. The normalized spacial score (nSPS) is 31.5. The molecule has 7 rings (SSSR count). The summed E-state index contributed by atoms with van der Waals surface area (Å²) in [4.78, 5) is 43.4. The second-order valence-corrected chi connectivity index (χ2v) is 9.84. The molecule has 2 saturated carbocycles. The van der Waals surface area contributed by atoms with E-state index < -0.39 is 0 Å². The van der Waals surface area contributed by atoms with Crippen LogP contribution in [0.3, 0.4) is 0 Å². The molecule has 3 fully saturated rings. The summed E-state index contributed by atoms with van der Waals surface area (Å²) in [5, 5.41) is 0. The van der Waals surface area contributed by atoms with E-state index in [0.29, 0.717) is 23.1 Å². The zero-order chi connectivity index (χ0) is 22.1. The van der Waals surface area contributed by atoms with Crippen LogP contribution in [0.4, 0.5) is 5.69 Å². The summed E-state index contributed by atoms with van der Waals surface area (Å²) in [6, 6.07) is 15.0. The van der Waals surface area contributed by atoms with Gasteiger partial charge in [-0.25, -0.2) is 0 Å². The lowest BCUT2D eigenvalue weighted by Gasteiger charge is -2.37. The van der Waals surface area contributed by atoms with E-state index >= 15 is 0 Å². The summed E-state index contributed by atoms with van der Waals surface area (Å²) in [7, 11) is 0. The molecule has 0 aromatic heterocycles. The van der Waals surface area contributed by atoms with Gasteiger partial charge in [0.25, 0.3) is 5.91 Å². The zero-order valence-electron chi connectivity index (χ0n) is 18.3. The number of nitrogens with zero attached hydrogens (tertiary/aromatic N) is 2. The molecule has 0 radical (unpaired) electrons. The molecule has 5 nitrogen and oxygen atoms in total. The molecule has 2 aromatic rings. The first kappa shape index (κ1) is 19.5. The van der Waals surface area contributed by atoms with Crippen LogP contribution in [0, 0.1) is 49.4 Å². The van der Waals surface area contributed by atoms with Gasteiger partial charge in [-0.05, 0) is 73.8 Å². The fourth-order valence-electron chi connectivity index (χ4n) is 6.21. The minimum absolute atomic E-state index is 0.0460. The van der Waals surface area contributed by atoms with Crippen LogP contribution in [0.15, 0.2) is 60.7 Å². The highest BCUT2D eigenvalue weighted by atomic mass is 16.2. The molecule has 4 aliphatic carbocycles. The summed E-state index contributed by atoms with van der Waals surface area (Å²) in [5.74, 6) is 0.529. The fourth-order valence-corrected chi connectivity index (χ4v) is 6.21. The number of imide groups is 1. The molecule has 1 heterocycles. The lowest BCUT2D eigenvalue weighted by atomic mass is 9.63. The van der Waals surface area contributed by atoms with Crippen molar-refractivity contribution in [1.29, 1.82) is 0 Å². The highest BCUT2D eigenvalue weighted by Gasteiger charge is 2.67. The maximum Gasteiger partial charge on any atom is 0.259 e. The van der Waals surface area contributed by atoms with Crippen LogP contribution in [0.5, 0.6) is 0 Å². The number of benzene rings is 2. The molecule has 1 saturated heterocycles. The molecule has 162 valence electrons. The first-order chi connectivity index (χ1) is 15.4. The quantitative estimate of drug-likeness (QED) is 0.549. The maximum atomic E-state index is 13.5. The minimum Gasteiger partial charge on any atom is -0.290 e. The van der Waals surface area contributed by atoms with Crippen molar-refractivity contribution >= 4 is 23.4 Å². The van der Waals surface area contributed by atoms with Crippen molar-refractivity contribution < 1.29 is 14.4 Å². The van der Waals surface area contributed by atoms with Gasteiger partial charge in [-0.1, -0.05) is 42.0 Å². The van der Waals surface area contributed by atoms with Crippen LogP contribution in [-0.4, -0.2) is 29.3 Å². The lowest BCUT2D eigenvalue weighted by Crippen LogP contribution is -2.45. The Hall–Kier alpha value is -3.21. The Morgan fingerprint density at radius 1 is 0.906 bits per heavy atom. The Balaban J connectivity index is 1.34. The van der Waals surface area contributed by atoms with Crippen molar-refractivity contribution in [2.45, 2.75) is 20.3 Å². The van der Waals surface area contributed by atoms with E-state index in [9.17, 15) is 14.4 Å². The largest absolute Gasteiger partial charge is 0.290 e. The summed E-state index contributed by atoms with van der Waals surface area (Å²) >= 11 is 0. The maximum absolute atomic E-state index is 13.5. The average Bonchev–Trinajstić information content (AvgIpc) is 3.57. The topological polar surface area (TPSA) is 57.7 Å². The van der Waals surface area contributed by atoms with E-state index in [1.54, 1.807) is 17.0 Å². The molecule has 5 heteroatoms. The number of amides is 3. The molecule has 2 aromatic carbocycles. The molecule has 1 aliphatic heterocycles. The van der Waals surface area contributed by atoms with E-state index in [-0.39, 0.29) is 48.1 Å². The van der Waals surface area contributed by atoms with E-state index in [4.69, 9.17) is 0 Å². The van der Waals surface area contributed by atoms with Crippen LogP contribution < -0.4 is 4.90 Å². The van der Waals surface area contributed by atoms with Gasteiger partial charge in [0.1, 0.15) is 6.67 Å². The van der Waals surface area contributed by atoms with E-state index in [2.05, 4.69) is 12.2 Å². The Kier molecular flexibility index (Phi) is 4.19. The molecular weight excluding hydrogens is 400 g/mol. The van der Waals surface area contributed by atoms with E-state index in [1.165, 1.54) is 4.90 Å². The van der Waals surface area contributed by atoms with Crippen molar-refractivity contribution in [3.8, 4) is 0 Å². The van der Waals surface area contributed by atoms with Crippen molar-refractivity contribution in [1.82, 2.24) is 4.90 Å². The number of anilines is 1. The molecular formula is C27H26N2O3. The van der Waals surface area contributed by atoms with Gasteiger partial charge in [-0.2, -0.15) is 0 Å². The second kappa shape index (κ2) is 6.89. The number of hydrogen-bond donors (Lipinski definition) is 0. The molecule has 0 N–H and O–H groups in total. The zero-order valence-corrected chi connectivity index (χ0v) is 18.3. The van der Waals surface area contributed by atoms with Crippen molar-refractivity contribution in [2.24, 2.45) is 35.5 Å². The molecule has 5 aliphatic rings. The Morgan fingerprint density at radius 3 is 2.12 bits per heavy atom. The van der Waals surface area contributed by atoms with Crippen molar-refractivity contribution in [3.63, 3.8) is 0 Å². The van der Waals surface area contributed by atoms with Gasteiger partial charge < -0.3 is 0 Å². The highest BCUT2D eigenvalue weighted by Crippen LogP contribution is 2.65. The van der Waals surface area contributed by atoms with Gasteiger partial charge in [0, 0.05) is 11.3 Å². The summed E-state index contributed by atoms with van der Waals surface area (Å²) in [5.41, 5.74) is 3.31. The van der Waals surface area contributed by atoms with Gasteiger partial charge in [0.2, 0.25) is 11.8 Å². The van der Waals surface area contributed by atoms with Crippen LogP contribution >= 0.6 is 0 Å². The number of carbonyl (C=O) groups excluding carboxylic acids is 3. The first-order valence-corrected chi connectivity index (χ1v) is 11.4. The monoisotopic (exact) mass is 426 g/mol. The number of aryl methyl sites for hydroxylation is 2. The predicted molar refractivity (Wildman–Crippen MR) is 121 cm³/mol. The molecule has 6 atom stereocenters. The Labute approximate surface area is 187 Å². The van der Waals surface area contributed by atoms with Crippen LogP contribution in [-0.2, 0) is 9.59 Å². The third kappa shape index (κ3) is 2.80. The van der Waals surface area contributed by atoms with Gasteiger partial charge in [0.05, 0.1) is 11.8 Å². The number of carbonyl (C=O) groups is 3. The number of rotatable bonds is 4. The van der Waals surface area contributed by atoms with Crippen LogP contribution in [0.1, 0.15) is 27.9 Å².